The van der Waals surface area contributed by atoms with Crippen molar-refractivity contribution in [1.29, 1.82) is 0 Å². The molecule has 0 unspecified atom stereocenters. The Hall–Kier alpha value is 0.230. The molecular formula is C7H7BrIN. The van der Waals surface area contributed by atoms with Gasteiger partial charge in [0, 0.05) is 17.2 Å². The summed E-state index contributed by atoms with van der Waals surface area (Å²) in [6.07, 6.45) is 6.15. The summed E-state index contributed by atoms with van der Waals surface area (Å²) in [5.74, 6) is 0. The molecule has 1 heterocycles. The lowest BCUT2D eigenvalue weighted by Gasteiger charge is -2.19. The van der Waals surface area contributed by atoms with Gasteiger partial charge >= 0.3 is 0 Å². The molecule has 0 atom stereocenters. The minimum atomic E-state index is 0.927. The first-order chi connectivity index (χ1) is 4.70. The summed E-state index contributed by atoms with van der Waals surface area (Å²) in [5, 5.41) is 0. The van der Waals surface area contributed by atoms with Gasteiger partial charge in [-0.05, 0) is 44.6 Å². The van der Waals surface area contributed by atoms with Gasteiger partial charge in [-0.3, -0.25) is 0 Å². The maximum atomic E-state index is 3.83. The first-order valence-corrected chi connectivity index (χ1v) is 4.72. The Kier molecular flexibility index (Phi) is 2.97. The van der Waals surface area contributed by atoms with Gasteiger partial charge in [-0.1, -0.05) is 12.7 Å². The fourth-order valence-electron chi connectivity index (χ4n) is 0.693. The lowest BCUT2D eigenvalue weighted by atomic mass is 10.4. The van der Waals surface area contributed by atoms with Crippen LogP contribution in [0.15, 0.2) is 33.1 Å². The molecule has 10 heavy (non-hydrogen) atoms. The van der Waals surface area contributed by atoms with Gasteiger partial charge in [0.2, 0.25) is 0 Å². The van der Waals surface area contributed by atoms with E-state index >= 15 is 0 Å². The summed E-state index contributed by atoms with van der Waals surface area (Å²) in [5.41, 5.74) is 0. The van der Waals surface area contributed by atoms with Crippen LogP contribution in [0.2, 0.25) is 0 Å². The van der Waals surface area contributed by atoms with Crippen molar-refractivity contribution in [1.82, 2.24) is 4.90 Å². The number of nitrogens with zero attached hydrogens (tertiary/aromatic N) is 1. The van der Waals surface area contributed by atoms with E-state index in [9.17, 15) is 0 Å². The van der Waals surface area contributed by atoms with E-state index in [4.69, 9.17) is 0 Å². The highest BCUT2D eigenvalue weighted by molar-refractivity contribution is 14.1. The van der Waals surface area contributed by atoms with Crippen molar-refractivity contribution in [2.75, 3.05) is 6.54 Å². The largest absolute Gasteiger partial charge is 0.339 e. The molecule has 0 saturated carbocycles. The first kappa shape index (κ1) is 8.33. The fraction of sp³-hybridized carbons (Fsp3) is 0.143. The van der Waals surface area contributed by atoms with E-state index in [-0.39, 0.29) is 0 Å². The van der Waals surface area contributed by atoms with Gasteiger partial charge in [0.15, 0.2) is 0 Å². The number of hydrogen-bond donors (Lipinski definition) is 0. The molecule has 0 spiro atoms. The van der Waals surface area contributed by atoms with E-state index in [0.717, 1.165) is 14.7 Å². The predicted octanol–water partition coefficient (Wildman–Crippen LogP) is 3.00. The highest BCUT2D eigenvalue weighted by atomic mass is 127. The molecule has 1 aliphatic heterocycles. The van der Waals surface area contributed by atoms with E-state index in [1.165, 1.54) is 0 Å². The maximum absolute atomic E-state index is 3.83. The van der Waals surface area contributed by atoms with E-state index in [0.29, 0.717) is 0 Å². The summed E-state index contributed by atoms with van der Waals surface area (Å²) in [6, 6.07) is 0. The van der Waals surface area contributed by atoms with Crippen molar-refractivity contribution in [2.45, 2.75) is 0 Å². The Bertz CT molecular complexity index is 208. The first-order valence-electron chi connectivity index (χ1n) is 2.85. The molecule has 54 valence electrons. The van der Waals surface area contributed by atoms with E-state index in [1.54, 1.807) is 0 Å². The Labute approximate surface area is 82.7 Å². The van der Waals surface area contributed by atoms with Crippen LogP contribution in [0, 0.1) is 0 Å². The third kappa shape index (κ3) is 2.12. The van der Waals surface area contributed by atoms with Crippen molar-refractivity contribution in [3.05, 3.63) is 33.1 Å². The molecule has 0 radical (unpaired) electrons. The zero-order valence-corrected chi connectivity index (χ0v) is 9.09. The molecule has 1 rings (SSSR count). The second-order valence-corrected chi connectivity index (χ2v) is 4.11. The molecular weight excluding hydrogens is 305 g/mol. The number of hydrogen-bond acceptors (Lipinski definition) is 1. The Morgan fingerprint density at radius 3 is 2.90 bits per heavy atom. The van der Waals surface area contributed by atoms with Crippen molar-refractivity contribution < 1.29 is 0 Å². The summed E-state index contributed by atoms with van der Waals surface area (Å²) in [4.78, 5) is 2.07. The number of rotatable bonds is 1. The monoisotopic (exact) mass is 311 g/mol. The van der Waals surface area contributed by atoms with Crippen LogP contribution in [-0.4, -0.2) is 11.4 Å². The van der Waals surface area contributed by atoms with Gasteiger partial charge < -0.3 is 4.90 Å². The molecule has 0 aromatic rings. The molecule has 0 aliphatic carbocycles. The zero-order valence-electron chi connectivity index (χ0n) is 5.35. The lowest BCUT2D eigenvalue weighted by molar-refractivity contribution is 0.555. The quantitative estimate of drug-likeness (QED) is 0.531. The van der Waals surface area contributed by atoms with Crippen LogP contribution >= 0.6 is 38.5 Å². The van der Waals surface area contributed by atoms with Crippen LogP contribution in [0.4, 0.5) is 0 Å². The van der Waals surface area contributed by atoms with E-state index in [1.807, 2.05) is 12.3 Å². The van der Waals surface area contributed by atoms with Gasteiger partial charge in [-0.15, -0.1) is 0 Å². The van der Waals surface area contributed by atoms with E-state index < -0.39 is 0 Å². The molecule has 0 aromatic carbocycles. The maximum Gasteiger partial charge on any atom is 0.0728 e. The average Bonchev–Trinajstić information content (AvgIpc) is 1.88. The van der Waals surface area contributed by atoms with Crippen molar-refractivity contribution >= 4 is 38.5 Å². The van der Waals surface area contributed by atoms with Crippen LogP contribution in [-0.2, 0) is 0 Å². The number of halogens is 2. The Morgan fingerprint density at radius 2 is 2.50 bits per heavy atom. The van der Waals surface area contributed by atoms with Gasteiger partial charge in [-0.2, -0.15) is 0 Å². The minimum absolute atomic E-state index is 0.927. The summed E-state index contributed by atoms with van der Waals surface area (Å²) < 4.78 is 2.13. The average molecular weight is 312 g/mol. The topological polar surface area (TPSA) is 3.24 Å². The fourth-order valence-corrected chi connectivity index (χ4v) is 1.46. The third-order valence-corrected chi connectivity index (χ3v) is 2.26. The molecule has 0 amide bonds. The Balaban J connectivity index is 2.69. The van der Waals surface area contributed by atoms with Crippen LogP contribution in [0.3, 0.4) is 0 Å². The third-order valence-electron chi connectivity index (χ3n) is 1.17. The van der Waals surface area contributed by atoms with Crippen LogP contribution in [0.25, 0.3) is 0 Å². The van der Waals surface area contributed by atoms with Crippen molar-refractivity contribution in [3.63, 3.8) is 0 Å². The smallest absolute Gasteiger partial charge is 0.0728 e. The second-order valence-electron chi connectivity index (χ2n) is 1.94. The van der Waals surface area contributed by atoms with Crippen molar-refractivity contribution in [2.24, 2.45) is 0 Å². The number of allylic oxidation sites excluding steroid dienone is 2. The van der Waals surface area contributed by atoms with Crippen LogP contribution < -0.4 is 0 Å². The van der Waals surface area contributed by atoms with Crippen LogP contribution in [0.1, 0.15) is 0 Å². The summed E-state index contributed by atoms with van der Waals surface area (Å²) in [6.45, 7) is 4.75. The normalized spacial score (nSPS) is 17.0. The SMILES string of the molecule is C=C(I)N1C=C(Br)C=CC1. The summed E-state index contributed by atoms with van der Waals surface area (Å²) in [7, 11) is 0. The van der Waals surface area contributed by atoms with Gasteiger partial charge in [-0.25, -0.2) is 0 Å². The van der Waals surface area contributed by atoms with Gasteiger partial charge in [0.25, 0.3) is 0 Å². The molecule has 0 bridgehead atoms. The molecule has 3 heteroatoms. The minimum Gasteiger partial charge on any atom is -0.339 e. The molecule has 1 aliphatic rings. The summed E-state index contributed by atoms with van der Waals surface area (Å²) >= 11 is 5.59. The lowest BCUT2D eigenvalue weighted by Crippen LogP contribution is -2.14. The molecule has 0 fully saturated rings. The van der Waals surface area contributed by atoms with E-state index in [2.05, 4.69) is 56.1 Å². The Morgan fingerprint density at radius 1 is 1.80 bits per heavy atom. The second kappa shape index (κ2) is 3.57. The molecule has 1 nitrogen and oxygen atoms in total. The predicted molar refractivity (Wildman–Crippen MR) is 56.0 cm³/mol. The van der Waals surface area contributed by atoms with Gasteiger partial charge in [0.05, 0.1) is 3.70 Å². The molecule has 0 aromatic heterocycles. The molecule has 0 saturated heterocycles. The highest BCUT2D eigenvalue weighted by Crippen LogP contribution is 2.19. The van der Waals surface area contributed by atoms with Crippen LogP contribution in [0.5, 0.6) is 0 Å². The standard InChI is InChI=1S/C7H7BrIN/c1-6(9)10-4-2-3-7(8)5-10/h2-3,5H,1,4H2. The molecule has 0 N–H and O–H groups in total. The van der Waals surface area contributed by atoms with Crippen molar-refractivity contribution in [3.8, 4) is 0 Å². The zero-order chi connectivity index (χ0) is 7.56. The highest BCUT2D eigenvalue weighted by Gasteiger charge is 2.03. The van der Waals surface area contributed by atoms with Gasteiger partial charge in [0.1, 0.15) is 0 Å².